The fourth-order valence-electron chi connectivity index (χ4n) is 1.35. The summed E-state index contributed by atoms with van der Waals surface area (Å²) in [7, 11) is 1.92. The first-order valence-corrected chi connectivity index (χ1v) is 5.84. The number of hydrogen-bond donors (Lipinski definition) is 2. The molecule has 1 rings (SSSR count). The number of nitrogens with one attached hydrogen (secondary N) is 1. The predicted octanol–water partition coefficient (Wildman–Crippen LogP) is 1.52. The van der Waals surface area contributed by atoms with Crippen LogP contribution in [0.2, 0.25) is 0 Å². The van der Waals surface area contributed by atoms with Crippen molar-refractivity contribution in [3.05, 3.63) is 11.9 Å². The summed E-state index contributed by atoms with van der Waals surface area (Å²) in [5, 5.41) is 12.0. The number of aryl methyl sites for hydroxylation is 1. The van der Waals surface area contributed by atoms with Crippen molar-refractivity contribution in [2.45, 2.75) is 33.2 Å². The van der Waals surface area contributed by atoms with Crippen LogP contribution in [0.25, 0.3) is 0 Å². The van der Waals surface area contributed by atoms with Crippen LogP contribution in [0, 0.1) is 6.92 Å². The lowest BCUT2D eigenvalue weighted by atomic mass is 10.1. The maximum absolute atomic E-state index is 11.1. The Morgan fingerprint density at radius 2 is 2.11 bits per heavy atom. The molecule has 6 heteroatoms. The molecule has 6 nitrogen and oxygen atoms in total. The second-order valence-electron chi connectivity index (χ2n) is 4.73. The van der Waals surface area contributed by atoms with Gasteiger partial charge in [-0.1, -0.05) is 0 Å². The summed E-state index contributed by atoms with van der Waals surface area (Å²) in [4.78, 5) is 21.5. The number of carboxylic acid groups (broad SMARTS) is 1. The van der Waals surface area contributed by atoms with Gasteiger partial charge in [0.15, 0.2) is 0 Å². The molecule has 0 spiro atoms. The van der Waals surface area contributed by atoms with Gasteiger partial charge in [-0.3, -0.25) is 0 Å². The fraction of sp³-hybridized carbons (Fsp3) is 0.583. The van der Waals surface area contributed by atoms with E-state index in [-0.39, 0.29) is 0 Å². The van der Waals surface area contributed by atoms with Crippen LogP contribution in [0.3, 0.4) is 0 Å². The van der Waals surface area contributed by atoms with Gasteiger partial charge in [-0.15, -0.1) is 0 Å². The average molecular weight is 252 g/mol. The molecule has 0 bridgehead atoms. The van der Waals surface area contributed by atoms with Gasteiger partial charge < -0.3 is 15.3 Å². The third-order valence-corrected chi connectivity index (χ3v) is 2.67. The summed E-state index contributed by atoms with van der Waals surface area (Å²) in [6, 6.07) is 1.75. The number of carboxylic acids is 1. The van der Waals surface area contributed by atoms with E-state index in [2.05, 4.69) is 15.3 Å². The van der Waals surface area contributed by atoms with Gasteiger partial charge in [-0.25, -0.2) is 14.8 Å². The van der Waals surface area contributed by atoms with Crippen molar-refractivity contribution in [2.24, 2.45) is 0 Å². The molecule has 0 aromatic carbocycles. The van der Waals surface area contributed by atoms with E-state index in [1.54, 1.807) is 26.8 Å². The highest BCUT2D eigenvalue weighted by Gasteiger charge is 2.27. The number of aromatic nitrogens is 2. The van der Waals surface area contributed by atoms with Crippen molar-refractivity contribution in [2.75, 3.05) is 23.8 Å². The summed E-state index contributed by atoms with van der Waals surface area (Å²) in [6.45, 7) is 7.81. The molecule has 0 aliphatic carbocycles. The maximum Gasteiger partial charge on any atom is 0.328 e. The zero-order valence-electron chi connectivity index (χ0n) is 11.5. The van der Waals surface area contributed by atoms with E-state index in [0.29, 0.717) is 11.6 Å². The van der Waals surface area contributed by atoms with Crippen LogP contribution in [0.1, 0.15) is 26.6 Å². The van der Waals surface area contributed by atoms with Crippen LogP contribution >= 0.6 is 0 Å². The van der Waals surface area contributed by atoms with Crippen molar-refractivity contribution < 1.29 is 9.90 Å². The van der Waals surface area contributed by atoms with E-state index in [9.17, 15) is 4.79 Å². The first-order valence-electron chi connectivity index (χ1n) is 5.84. The minimum Gasteiger partial charge on any atom is -0.480 e. The van der Waals surface area contributed by atoms with Gasteiger partial charge in [0.1, 0.15) is 23.0 Å². The molecule has 0 saturated carbocycles. The number of nitrogens with zero attached hydrogens (tertiary/aromatic N) is 3. The minimum absolute atomic E-state index is 0.519. The molecule has 0 amide bonds. The standard InChI is InChI=1S/C12H20N4O2/c1-6-16(5)10-7-9(13-8(2)14-10)15-12(3,4)11(17)18/h7H,6H2,1-5H3,(H,17,18)(H,13,14,15). The third kappa shape index (κ3) is 3.32. The molecule has 0 radical (unpaired) electrons. The zero-order valence-corrected chi connectivity index (χ0v) is 11.5. The van der Waals surface area contributed by atoms with Gasteiger partial charge in [0, 0.05) is 19.7 Å². The topological polar surface area (TPSA) is 78.4 Å². The van der Waals surface area contributed by atoms with Crippen molar-refractivity contribution in [3.63, 3.8) is 0 Å². The molecule has 0 saturated heterocycles. The molecule has 18 heavy (non-hydrogen) atoms. The van der Waals surface area contributed by atoms with Crippen LogP contribution in [-0.2, 0) is 4.79 Å². The Hall–Kier alpha value is -1.85. The number of carbonyl (C=O) groups is 1. The largest absolute Gasteiger partial charge is 0.480 e. The van der Waals surface area contributed by atoms with Crippen molar-refractivity contribution >= 4 is 17.6 Å². The second-order valence-corrected chi connectivity index (χ2v) is 4.73. The van der Waals surface area contributed by atoms with Crippen LogP contribution in [-0.4, -0.2) is 40.2 Å². The summed E-state index contributed by atoms with van der Waals surface area (Å²) >= 11 is 0. The quantitative estimate of drug-likeness (QED) is 0.827. The van der Waals surface area contributed by atoms with E-state index in [1.807, 2.05) is 18.9 Å². The Morgan fingerprint density at radius 3 is 2.61 bits per heavy atom. The Kier molecular flexibility index (Phi) is 4.11. The van der Waals surface area contributed by atoms with Crippen molar-refractivity contribution in [1.29, 1.82) is 0 Å². The first kappa shape index (κ1) is 14.2. The highest BCUT2D eigenvalue weighted by molar-refractivity contribution is 5.81. The Bertz CT molecular complexity index is 446. The van der Waals surface area contributed by atoms with Gasteiger partial charge in [0.2, 0.25) is 0 Å². The summed E-state index contributed by atoms with van der Waals surface area (Å²) < 4.78 is 0. The van der Waals surface area contributed by atoms with E-state index in [1.165, 1.54) is 0 Å². The molecule has 2 N–H and O–H groups in total. The predicted molar refractivity (Wildman–Crippen MR) is 71.1 cm³/mol. The van der Waals surface area contributed by atoms with Gasteiger partial charge in [-0.2, -0.15) is 0 Å². The summed E-state index contributed by atoms with van der Waals surface area (Å²) in [6.07, 6.45) is 0. The van der Waals surface area contributed by atoms with E-state index >= 15 is 0 Å². The molecular formula is C12H20N4O2. The minimum atomic E-state index is -1.07. The van der Waals surface area contributed by atoms with Crippen molar-refractivity contribution in [1.82, 2.24) is 9.97 Å². The normalized spacial score (nSPS) is 11.2. The number of aliphatic carboxylic acids is 1. The second kappa shape index (κ2) is 5.20. The molecule has 0 fully saturated rings. The molecule has 1 heterocycles. The molecule has 1 aromatic heterocycles. The zero-order chi connectivity index (χ0) is 13.9. The van der Waals surface area contributed by atoms with Gasteiger partial charge >= 0.3 is 5.97 Å². The summed E-state index contributed by atoms with van der Waals surface area (Å²) in [5.74, 6) is 0.972. The molecule has 0 aliphatic rings. The third-order valence-electron chi connectivity index (χ3n) is 2.67. The van der Waals surface area contributed by atoms with Crippen LogP contribution < -0.4 is 10.2 Å². The lowest BCUT2D eigenvalue weighted by molar-refractivity contribution is -0.141. The SMILES string of the molecule is CCN(C)c1cc(NC(C)(C)C(=O)O)nc(C)n1. The Morgan fingerprint density at radius 1 is 1.50 bits per heavy atom. The van der Waals surface area contributed by atoms with Crippen LogP contribution in [0.15, 0.2) is 6.07 Å². The monoisotopic (exact) mass is 252 g/mol. The molecule has 0 aliphatic heterocycles. The lowest BCUT2D eigenvalue weighted by Gasteiger charge is -2.23. The molecule has 0 atom stereocenters. The Balaban J connectivity index is 3.04. The summed E-state index contributed by atoms with van der Waals surface area (Å²) in [5.41, 5.74) is -1.07. The smallest absolute Gasteiger partial charge is 0.328 e. The Labute approximate surface area is 107 Å². The average Bonchev–Trinajstić information content (AvgIpc) is 2.26. The van der Waals surface area contributed by atoms with Crippen LogP contribution in [0.4, 0.5) is 11.6 Å². The molecule has 0 unspecified atom stereocenters. The molecular weight excluding hydrogens is 232 g/mol. The fourth-order valence-corrected chi connectivity index (χ4v) is 1.35. The van der Waals surface area contributed by atoms with Crippen LogP contribution in [0.5, 0.6) is 0 Å². The van der Waals surface area contributed by atoms with E-state index in [4.69, 9.17) is 5.11 Å². The highest BCUT2D eigenvalue weighted by Crippen LogP contribution is 2.18. The van der Waals surface area contributed by atoms with Gasteiger partial charge in [-0.05, 0) is 27.7 Å². The van der Waals surface area contributed by atoms with Gasteiger partial charge in [0.25, 0.3) is 0 Å². The van der Waals surface area contributed by atoms with Gasteiger partial charge in [0.05, 0.1) is 0 Å². The first-order chi connectivity index (χ1) is 8.26. The highest BCUT2D eigenvalue weighted by atomic mass is 16.4. The van der Waals surface area contributed by atoms with E-state index in [0.717, 1.165) is 12.4 Å². The number of anilines is 2. The maximum atomic E-state index is 11.1. The van der Waals surface area contributed by atoms with Crippen molar-refractivity contribution in [3.8, 4) is 0 Å². The lowest BCUT2D eigenvalue weighted by Crippen LogP contribution is -2.40. The molecule has 100 valence electrons. The number of rotatable bonds is 5. The molecule has 1 aromatic rings. The van der Waals surface area contributed by atoms with E-state index < -0.39 is 11.5 Å². The number of hydrogen-bond acceptors (Lipinski definition) is 5.